The first-order valence-corrected chi connectivity index (χ1v) is 6.62. The molecule has 1 amide bonds. The Morgan fingerprint density at radius 1 is 1.31 bits per heavy atom. The highest BCUT2D eigenvalue weighted by Crippen LogP contribution is 2.27. The molecule has 0 radical (unpaired) electrons. The SMILES string of the molecule is CC(C)[C@@H]1CN(CC2CCCCC2)C(=O)O1. The fourth-order valence-electron chi connectivity index (χ4n) is 2.71. The number of ether oxygens (including phenoxy) is 1. The number of amides is 1. The highest BCUT2D eigenvalue weighted by Gasteiger charge is 2.34. The lowest BCUT2D eigenvalue weighted by Crippen LogP contribution is -2.32. The topological polar surface area (TPSA) is 29.5 Å². The summed E-state index contributed by atoms with van der Waals surface area (Å²) in [6, 6.07) is 0. The predicted molar refractivity (Wildman–Crippen MR) is 63.3 cm³/mol. The molecule has 0 aromatic carbocycles. The van der Waals surface area contributed by atoms with Gasteiger partial charge in [0, 0.05) is 6.54 Å². The molecule has 0 aromatic rings. The lowest BCUT2D eigenvalue weighted by Gasteiger charge is -2.25. The Labute approximate surface area is 98.1 Å². The van der Waals surface area contributed by atoms with Crippen LogP contribution in [0.15, 0.2) is 0 Å². The number of cyclic esters (lactones) is 1. The van der Waals surface area contributed by atoms with Crippen LogP contribution in [-0.4, -0.2) is 30.2 Å². The van der Waals surface area contributed by atoms with Crippen molar-refractivity contribution >= 4 is 6.09 Å². The molecular formula is C13H23NO2. The van der Waals surface area contributed by atoms with E-state index in [9.17, 15) is 4.79 Å². The van der Waals surface area contributed by atoms with Crippen LogP contribution in [0.4, 0.5) is 4.79 Å². The Morgan fingerprint density at radius 3 is 2.56 bits per heavy atom. The van der Waals surface area contributed by atoms with Crippen molar-refractivity contribution < 1.29 is 9.53 Å². The Bertz CT molecular complexity index is 246. The zero-order valence-corrected chi connectivity index (χ0v) is 10.4. The second kappa shape index (κ2) is 5.07. The first-order chi connectivity index (χ1) is 7.66. The highest BCUT2D eigenvalue weighted by atomic mass is 16.6. The molecule has 0 aromatic heterocycles. The molecule has 3 nitrogen and oxygen atoms in total. The van der Waals surface area contributed by atoms with Gasteiger partial charge in [-0.25, -0.2) is 4.79 Å². The maximum atomic E-state index is 11.7. The molecule has 2 fully saturated rings. The second-order valence-corrected chi connectivity index (χ2v) is 5.58. The van der Waals surface area contributed by atoms with Crippen molar-refractivity contribution in [2.24, 2.45) is 11.8 Å². The first-order valence-electron chi connectivity index (χ1n) is 6.62. The van der Waals surface area contributed by atoms with Crippen LogP contribution in [0.2, 0.25) is 0 Å². The third kappa shape index (κ3) is 2.69. The van der Waals surface area contributed by atoms with E-state index in [1.54, 1.807) is 0 Å². The molecule has 2 aliphatic rings. The van der Waals surface area contributed by atoms with Crippen molar-refractivity contribution in [3.63, 3.8) is 0 Å². The van der Waals surface area contributed by atoms with Gasteiger partial charge >= 0.3 is 6.09 Å². The lowest BCUT2D eigenvalue weighted by atomic mass is 9.89. The van der Waals surface area contributed by atoms with Crippen LogP contribution in [0.25, 0.3) is 0 Å². The zero-order valence-electron chi connectivity index (χ0n) is 10.4. The largest absolute Gasteiger partial charge is 0.444 e. The summed E-state index contributed by atoms with van der Waals surface area (Å²) in [7, 11) is 0. The molecule has 1 saturated heterocycles. The smallest absolute Gasteiger partial charge is 0.410 e. The van der Waals surface area contributed by atoms with Gasteiger partial charge in [0.15, 0.2) is 0 Å². The fraction of sp³-hybridized carbons (Fsp3) is 0.923. The highest BCUT2D eigenvalue weighted by molar-refractivity contribution is 5.69. The van der Waals surface area contributed by atoms with Gasteiger partial charge in [0.05, 0.1) is 6.54 Å². The summed E-state index contributed by atoms with van der Waals surface area (Å²) in [5, 5.41) is 0. The molecule has 1 atom stereocenters. The number of hydrogen-bond acceptors (Lipinski definition) is 2. The van der Waals surface area contributed by atoms with E-state index in [0.717, 1.165) is 13.1 Å². The summed E-state index contributed by atoms with van der Waals surface area (Å²) in [6.45, 7) is 5.94. The first kappa shape index (κ1) is 11.7. The molecule has 92 valence electrons. The molecule has 1 aliphatic heterocycles. The van der Waals surface area contributed by atoms with Gasteiger partial charge in [-0.2, -0.15) is 0 Å². The van der Waals surface area contributed by atoms with Gasteiger partial charge < -0.3 is 9.64 Å². The molecule has 16 heavy (non-hydrogen) atoms. The summed E-state index contributed by atoms with van der Waals surface area (Å²) in [4.78, 5) is 13.6. The maximum absolute atomic E-state index is 11.7. The maximum Gasteiger partial charge on any atom is 0.410 e. The van der Waals surface area contributed by atoms with E-state index in [4.69, 9.17) is 4.74 Å². The van der Waals surface area contributed by atoms with Crippen LogP contribution in [0.3, 0.4) is 0 Å². The molecule has 1 saturated carbocycles. The minimum absolute atomic E-state index is 0.0933. The van der Waals surface area contributed by atoms with Crippen molar-refractivity contribution in [2.75, 3.05) is 13.1 Å². The molecular weight excluding hydrogens is 202 g/mol. The normalized spacial score (nSPS) is 27.6. The Hall–Kier alpha value is -0.730. The van der Waals surface area contributed by atoms with Gasteiger partial charge in [-0.1, -0.05) is 33.1 Å². The van der Waals surface area contributed by atoms with Crippen LogP contribution >= 0.6 is 0 Å². The average Bonchev–Trinajstić information content (AvgIpc) is 2.62. The van der Waals surface area contributed by atoms with Crippen LogP contribution in [0, 0.1) is 11.8 Å². The Kier molecular flexibility index (Phi) is 3.72. The van der Waals surface area contributed by atoms with Gasteiger partial charge in [0.1, 0.15) is 6.10 Å². The third-order valence-corrected chi connectivity index (χ3v) is 3.86. The summed E-state index contributed by atoms with van der Waals surface area (Å²) < 4.78 is 5.36. The molecule has 0 N–H and O–H groups in total. The third-order valence-electron chi connectivity index (χ3n) is 3.86. The van der Waals surface area contributed by atoms with E-state index in [0.29, 0.717) is 11.8 Å². The number of carbonyl (C=O) groups is 1. The Balaban J connectivity index is 1.83. The van der Waals surface area contributed by atoms with Gasteiger partial charge in [-0.15, -0.1) is 0 Å². The van der Waals surface area contributed by atoms with Crippen LogP contribution in [-0.2, 0) is 4.74 Å². The number of carbonyl (C=O) groups excluding carboxylic acids is 1. The van der Waals surface area contributed by atoms with Crippen molar-refractivity contribution in [2.45, 2.75) is 52.1 Å². The number of nitrogens with zero attached hydrogens (tertiary/aromatic N) is 1. The Morgan fingerprint density at radius 2 is 2.00 bits per heavy atom. The van der Waals surface area contributed by atoms with E-state index in [1.807, 2.05) is 4.90 Å². The molecule has 0 bridgehead atoms. The standard InChI is InChI=1S/C13H23NO2/c1-10(2)12-9-14(13(15)16-12)8-11-6-4-3-5-7-11/h10-12H,3-9H2,1-2H3/t12-/m0/s1. The van der Waals surface area contributed by atoms with Crippen molar-refractivity contribution in [1.29, 1.82) is 0 Å². The summed E-state index contributed by atoms with van der Waals surface area (Å²) in [5.74, 6) is 1.15. The molecule has 3 heteroatoms. The lowest BCUT2D eigenvalue weighted by molar-refractivity contribution is 0.111. The van der Waals surface area contributed by atoms with E-state index in [-0.39, 0.29) is 12.2 Å². The number of rotatable bonds is 3. The van der Waals surface area contributed by atoms with Gasteiger partial charge in [0.25, 0.3) is 0 Å². The molecule has 0 unspecified atom stereocenters. The van der Waals surface area contributed by atoms with Gasteiger partial charge in [0.2, 0.25) is 0 Å². The van der Waals surface area contributed by atoms with Gasteiger partial charge in [-0.3, -0.25) is 0 Å². The average molecular weight is 225 g/mol. The predicted octanol–water partition coefficient (Wildman–Crippen LogP) is 3.04. The van der Waals surface area contributed by atoms with E-state index >= 15 is 0 Å². The number of hydrogen-bond donors (Lipinski definition) is 0. The fourth-order valence-corrected chi connectivity index (χ4v) is 2.71. The van der Waals surface area contributed by atoms with E-state index < -0.39 is 0 Å². The molecule has 0 spiro atoms. The van der Waals surface area contributed by atoms with E-state index in [1.165, 1.54) is 32.1 Å². The monoisotopic (exact) mass is 225 g/mol. The molecule has 2 rings (SSSR count). The summed E-state index contributed by atoms with van der Waals surface area (Å²) >= 11 is 0. The van der Waals surface area contributed by atoms with Crippen LogP contribution in [0.1, 0.15) is 46.0 Å². The van der Waals surface area contributed by atoms with Crippen molar-refractivity contribution in [3.05, 3.63) is 0 Å². The zero-order chi connectivity index (χ0) is 11.5. The second-order valence-electron chi connectivity index (χ2n) is 5.58. The summed E-state index contributed by atoms with van der Waals surface area (Å²) in [5.41, 5.74) is 0. The quantitative estimate of drug-likeness (QED) is 0.739. The molecule has 1 aliphatic carbocycles. The van der Waals surface area contributed by atoms with Crippen molar-refractivity contribution in [3.8, 4) is 0 Å². The molecule has 1 heterocycles. The minimum Gasteiger partial charge on any atom is -0.444 e. The van der Waals surface area contributed by atoms with Crippen molar-refractivity contribution in [1.82, 2.24) is 4.90 Å². The van der Waals surface area contributed by atoms with Crippen LogP contribution in [0.5, 0.6) is 0 Å². The van der Waals surface area contributed by atoms with Crippen LogP contribution < -0.4 is 0 Å². The van der Waals surface area contributed by atoms with Gasteiger partial charge in [-0.05, 0) is 24.7 Å². The van der Waals surface area contributed by atoms with E-state index in [2.05, 4.69) is 13.8 Å². The summed E-state index contributed by atoms with van der Waals surface area (Å²) in [6.07, 6.45) is 6.63. The minimum atomic E-state index is -0.0933.